The summed E-state index contributed by atoms with van der Waals surface area (Å²) < 4.78 is 29.0. The Kier molecular flexibility index (Phi) is 7.58. The van der Waals surface area contributed by atoms with Gasteiger partial charge in [0.05, 0.1) is 17.1 Å². The van der Waals surface area contributed by atoms with Gasteiger partial charge in [-0.1, -0.05) is 25.8 Å². The lowest BCUT2D eigenvalue weighted by atomic mass is 9.99. The first-order valence-corrected chi connectivity index (χ1v) is 13.9. The Morgan fingerprint density at radius 3 is 2.33 bits per heavy atom. The molecule has 36 heavy (non-hydrogen) atoms. The molecule has 1 amide bonds. The molecule has 3 N–H and O–H groups in total. The van der Waals surface area contributed by atoms with Gasteiger partial charge in [0, 0.05) is 16.1 Å². The average Bonchev–Trinajstić information content (AvgIpc) is 3.48. The summed E-state index contributed by atoms with van der Waals surface area (Å²) in [4.78, 5) is 28.1. The van der Waals surface area contributed by atoms with Crippen molar-refractivity contribution < 1.29 is 27.9 Å². The van der Waals surface area contributed by atoms with Gasteiger partial charge >= 0.3 is 0 Å². The second kappa shape index (κ2) is 10.7. The summed E-state index contributed by atoms with van der Waals surface area (Å²) in [5.41, 5.74) is 0.632. The zero-order valence-electron chi connectivity index (χ0n) is 19.6. The van der Waals surface area contributed by atoms with E-state index in [1.54, 1.807) is 36.4 Å². The number of thiophene rings is 1. The Bertz CT molecular complexity index is 1380. The van der Waals surface area contributed by atoms with Gasteiger partial charge in [0.2, 0.25) is 10.0 Å². The summed E-state index contributed by atoms with van der Waals surface area (Å²) in [5.74, 6) is -1.31. The minimum absolute atomic E-state index is 0.0467. The number of carbonyl (C=O) groups excluding carboxylic acids is 2. The van der Waals surface area contributed by atoms with Crippen LogP contribution in [0.3, 0.4) is 0 Å². The Morgan fingerprint density at radius 1 is 1.06 bits per heavy atom. The van der Waals surface area contributed by atoms with Gasteiger partial charge in [0.25, 0.3) is 11.7 Å². The quantitative estimate of drug-likeness (QED) is 0.182. The van der Waals surface area contributed by atoms with Crippen molar-refractivity contribution in [2.24, 2.45) is 5.14 Å². The van der Waals surface area contributed by atoms with Gasteiger partial charge in [0.15, 0.2) is 0 Å². The van der Waals surface area contributed by atoms with E-state index in [0.29, 0.717) is 28.5 Å². The molecule has 0 bridgehead atoms. The number of primary sulfonamides is 1. The number of aliphatic hydroxyl groups excluding tert-OH is 1. The van der Waals surface area contributed by atoms with Crippen LogP contribution >= 0.6 is 11.3 Å². The molecule has 1 saturated heterocycles. The average molecular weight is 527 g/mol. The molecule has 0 aliphatic carbocycles. The number of nitrogens with zero attached hydrogens (tertiary/aromatic N) is 1. The van der Waals surface area contributed by atoms with Crippen molar-refractivity contribution >= 4 is 44.5 Å². The third-order valence-corrected chi connectivity index (χ3v) is 7.70. The van der Waals surface area contributed by atoms with E-state index >= 15 is 0 Å². The Labute approximate surface area is 213 Å². The van der Waals surface area contributed by atoms with E-state index in [1.807, 2.05) is 5.38 Å². The molecule has 1 atom stereocenters. The van der Waals surface area contributed by atoms with Crippen LogP contribution in [0, 0.1) is 0 Å². The molecule has 1 aliphatic heterocycles. The second-order valence-corrected chi connectivity index (χ2v) is 10.8. The number of rotatable bonds is 9. The topological polar surface area (TPSA) is 127 Å². The largest absolute Gasteiger partial charge is 0.507 e. The lowest BCUT2D eigenvalue weighted by Gasteiger charge is -2.24. The summed E-state index contributed by atoms with van der Waals surface area (Å²) in [6.07, 6.45) is 3.11. The first-order chi connectivity index (χ1) is 17.2. The number of aliphatic hydroxyl groups is 1. The van der Waals surface area contributed by atoms with Crippen molar-refractivity contribution in [2.45, 2.75) is 37.1 Å². The highest BCUT2D eigenvalue weighted by Crippen LogP contribution is 2.43. The minimum atomic E-state index is -3.92. The molecular formula is C26H26N2O6S2. The highest BCUT2D eigenvalue weighted by atomic mass is 32.2. The molecule has 0 radical (unpaired) electrons. The fourth-order valence-electron chi connectivity index (χ4n) is 4.02. The van der Waals surface area contributed by atoms with E-state index in [0.717, 1.165) is 19.3 Å². The monoisotopic (exact) mass is 526 g/mol. The van der Waals surface area contributed by atoms with E-state index in [2.05, 4.69) is 6.92 Å². The number of ketones is 1. The zero-order valence-corrected chi connectivity index (χ0v) is 21.2. The summed E-state index contributed by atoms with van der Waals surface area (Å²) in [7, 11) is -3.92. The van der Waals surface area contributed by atoms with Crippen LogP contribution in [0.25, 0.3) is 5.76 Å². The molecule has 188 valence electrons. The molecule has 1 fully saturated rings. The standard InChI is InChI=1S/C26H26N2O6S2/c1-2-3-4-15-34-19-11-7-17(8-12-19)24(29)22-23(21-6-5-16-35-21)28(26(31)25(22)30)18-9-13-20(14-10-18)36(27,32)33/h5-14,16,23,29H,2-4,15H2,1H3,(H2,27,32,33)/b24-22-. The number of anilines is 1. The number of Topliss-reactive ketones (excluding diaryl/α,β-unsaturated/α-hetero) is 1. The van der Waals surface area contributed by atoms with E-state index in [-0.39, 0.29) is 16.2 Å². The molecule has 2 heterocycles. The number of benzene rings is 2. The number of nitrogens with two attached hydrogens (primary N) is 1. The lowest BCUT2D eigenvalue weighted by molar-refractivity contribution is -0.132. The molecule has 2 aromatic carbocycles. The van der Waals surface area contributed by atoms with Gasteiger partial charge < -0.3 is 9.84 Å². The molecule has 1 aromatic heterocycles. The maximum absolute atomic E-state index is 13.2. The molecule has 1 unspecified atom stereocenters. The molecule has 0 saturated carbocycles. The van der Waals surface area contributed by atoms with Gasteiger partial charge in [-0.2, -0.15) is 0 Å². The molecule has 4 rings (SSSR count). The molecule has 10 heteroatoms. The van der Waals surface area contributed by atoms with E-state index in [4.69, 9.17) is 9.88 Å². The van der Waals surface area contributed by atoms with Crippen molar-refractivity contribution in [2.75, 3.05) is 11.5 Å². The maximum Gasteiger partial charge on any atom is 0.300 e. The number of hydrogen-bond donors (Lipinski definition) is 2. The van der Waals surface area contributed by atoms with Crippen molar-refractivity contribution in [3.05, 3.63) is 82.1 Å². The second-order valence-electron chi connectivity index (χ2n) is 8.30. The number of carbonyl (C=O) groups is 2. The van der Waals surface area contributed by atoms with Crippen LogP contribution in [0.5, 0.6) is 5.75 Å². The van der Waals surface area contributed by atoms with E-state index in [1.165, 1.54) is 40.5 Å². The van der Waals surface area contributed by atoms with Gasteiger partial charge in [-0.25, -0.2) is 13.6 Å². The first-order valence-electron chi connectivity index (χ1n) is 11.4. The van der Waals surface area contributed by atoms with Crippen molar-refractivity contribution in [3.63, 3.8) is 0 Å². The molecule has 3 aromatic rings. The number of hydrogen-bond acceptors (Lipinski definition) is 7. The minimum Gasteiger partial charge on any atom is -0.507 e. The van der Waals surface area contributed by atoms with Crippen LogP contribution in [0.1, 0.15) is 42.7 Å². The van der Waals surface area contributed by atoms with Crippen LogP contribution in [0.2, 0.25) is 0 Å². The number of amides is 1. The summed E-state index contributed by atoms with van der Waals surface area (Å²) in [6.45, 7) is 2.71. The van der Waals surface area contributed by atoms with Crippen molar-refractivity contribution in [1.29, 1.82) is 0 Å². The van der Waals surface area contributed by atoms with E-state index < -0.39 is 27.8 Å². The number of sulfonamides is 1. The molecule has 8 nitrogen and oxygen atoms in total. The van der Waals surface area contributed by atoms with Crippen LogP contribution in [0.4, 0.5) is 5.69 Å². The predicted octanol–water partition coefficient (Wildman–Crippen LogP) is 4.59. The van der Waals surface area contributed by atoms with Gasteiger partial charge in [-0.05, 0) is 66.4 Å². The van der Waals surface area contributed by atoms with Crippen LogP contribution in [-0.4, -0.2) is 31.8 Å². The van der Waals surface area contributed by atoms with Crippen molar-refractivity contribution in [3.8, 4) is 5.75 Å². The fraction of sp³-hybridized carbons (Fsp3) is 0.231. The Morgan fingerprint density at radius 2 is 1.75 bits per heavy atom. The summed E-state index contributed by atoms with van der Waals surface area (Å²) >= 11 is 1.33. The summed E-state index contributed by atoms with van der Waals surface area (Å²) in [5, 5.41) is 18.2. The number of ether oxygens (including phenoxy) is 1. The van der Waals surface area contributed by atoms with E-state index in [9.17, 15) is 23.1 Å². The Balaban J connectivity index is 1.72. The Hall–Kier alpha value is -3.47. The predicted molar refractivity (Wildman–Crippen MR) is 138 cm³/mol. The zero-order chi connectivity index (χ0) is 25.9. The third kappa shape index (κ3) is 5.20. The first kappa shape index (κ1) is 25.6. The third-order valence-electron chi connectivity index (χ3n) is 5.84. The van der Waals surface area contributed by atoms with Crippen LogP contribution in [0.15, 0.2) is 76.5 Å². The summed E-state index contributed by atoms with van der Waals surface area (Å²) in [6, 6.07) is 14.8. The fourth-order valence-corrected chi connectivity index (χ4v) is 5.36. The highest BCUT2D eigenvalue weighted by molar-refractivity contribution is 7.89. The number of unbranched alkanes of at least 4 members (excludes halogenated alkanes) is 2. The van der Waals surface area contributed by atoms with Crippen molar-refractivity contribution in [1.82, 2.24) is 0 Å². The lowest BCUT2D eigenvalue weighted by Crippen LogP contribution is -2.29. The molecule has 0 spiro atoms. The van der Waals surface area contributed by atoms with Gasteiger partial charge in [0.1, 0.15) is 17.6 Å². The van der Waals surface area contributed by atoms with Gasteiger partial charge in [-0.15, -0.1) is 11.3 Å². The highest BCUT2D eigenvalue weighted by Gasteiger charge is 2.47. The SMILES string of the molecule is CCCCCOc1ccc(/C(O)=C2/C(=O)C(=O)N(c3ccc(S(N)(=O)=O)cc3)C2c2cccs2)cc1. The van der Waals surface area contributed by atoms with Crippen LogP contribution < -0.4 is 14.8 Å². The van der Waals surface area contributed by atoms with Gasteiger partial charge in [-0.3, -0.25) is 14.5 Å². The van der Waals surface area contributed by atoms with Crippen LogP contribution in [-0.2, 0) is 19.6 Å². The smallest absolute Gasteiger partial charge is 0.300 e. The normalized spacial score (nSPS) is 17.5. The maximum atomic E-state index is 13.2. The molecule has 1 aliphatic rings. The molecular weight excluding hydrogens is 500 g/mol.